The van der Waals surface area contributed by atoms with Gasteiger partial charge in [-0.3, -0.25) is 4.79 Å². The summed E-state index contributed by atoms with van der Waals surface area (Å²) in [7, 11) is 0. The molecule has 114 valence electrons. The van der Waals surface area contributed by atoms with Gasteiger partial charge in [-0.25, -0.2) is 4.39 Å². The first-order chi connectivity index (χ1) is 10.7. The first-order valence-electron chi connectivity index (χ1n) is 7.60. The van der Waals surface area contributed by atoms with E-state index in [1.54, 1.807) is 12.1 Å². The van der Waals surface area contributed by atoms with Gasteiger partial charge in [-0.05, 0) is 54.8 Å². The Labute approximate surface area is 129 Å². The lowest BCUT2D eigenvalue weighted by atomic mass is 10.1. The van der Waals surface area contributed by atoms with E-state index in [9.17, 15) is 9.18 Å². The van der Waals surface area contributed by atoms with Crippen molar-refractivity contribution in [2.75, 3.05) is 23.3 Å². The van der Waals surface area contributed by atoms with Crippen molar-refractivity contribution in [2.24, 2.45) is 0 Å². The molecule has 0 aliphatic carbocycles. The van der Waals surface area contributed by atoms with Crippen LogP contribution >= 0.6 is 0 Å². The molecule has 1 heterocycles. The Morgan fingerprint density at radius 2 is 1.82 bits per heavy atom. The molecule has 1 aliphatic heterocycles. The largest absolute Gasteiger partial charge is 0.372 e. The van der Waals surface area contributed by atoms with Crippen molar-refractivity contribution in [1.29, 1.82) is 0 Å². The summed E-state index contributed by atoms with van der Waals surface area (Å²) in [5.41, 5.74) is 2.64. The van der Waals surface area contributed by atoms with E-state index in [1.165, 1.54) is 30.7 Å². The van der Waals surface area contributed by atoms with Gasteiger partial charge in [0.1, 0.15) is 5.82 Å². The maximum absolute atomic E-state index is 13.1. The third kappa shape index (κ3) is 3.64. The number of benzene rings is 2. The van der Waals surface area contributed by atoms with Gasteiger partial charge in [0.25, 0.3) is 0 Å². The Morgan fingerprint density at radius 1 is 1.09 bits per heavy atom. The van der Waals surface area contributed by atoms with Crippen LogP contribution in [0.3, 0.4) is 0 Å². The molecule has 1 fully saturated rings. The van der Waals surface area contributed by atoms with Crippen molar-refractivity contribution in [3.8, 4) is 0 Å². The summed E-state index contributed by atoms with van der Waals surface area (Å²) in [6, 6.07) is 14.0. The minimum Gasteiger partial charge on any atom is -0.372 e. The summed E-state index contributed by atoms with van der Waals surface area (Å²) in [6.07, 6.45) is 2.66. The van der Waals surface area contributed by atoms with Crippen LogP contribution in [0.25, 0.3) is 0 Å². The van der Waals surface area contributed by atoms with E-state index in [-0.39, 0.29) is 18.1 Å². The van der Waals surface area contributed by atoms with Crippen LogP contribution in [0.1, 0.15) is 18.4 Å². The minimum absolute atomic E-state index is 0.139. The van der Waals surface area contributed by atoms with Crippen LogP contribution in [0.2, 0.25) is 0 Å². The third-order valence-electron chi connectivity index (χ3n) is 3.88. The summed E-state index contributed by atoms with van der Waals surface area (Å²) < 4.78 is 13.1. The van der Waals surface area contributed by atoms with Gasteiger partial charge in [0, 0.05) is 24.5 Å². The molecule has 3 nitrogen and oxygen atoms in total. The van der Waals surface area contributed by atoms with Crippen LogP contribution in [0, 0.1) is 5.82 Å². The Kier molecular flexibility index (Phi) is 4.37. The number of halogens is 1. The molecule has 0 radical (unpaired) electrons. The van der Waals surface area contributed by atoms with Gasteiger partial charge in [-0.1, -0.05) is 12.1 Å². The molecule has 0 saturated carbocycles. The van der Waals surface area contributed by atoms with E-state index in [0.717, 1.165) is 18.8 Å². The SMILES string of the molecule is O=C(Cc1cccc(F)c1)Nc1ccc(N2CCCC2)cc1. The molecule has 0 unspecified atom stereocenters. The van der Waals surface area contributed by atoms with Crippen molar-refractivity contribution in [1.82, 2.24) is 0 Å². The summed E-state index contributed by atoms with van der Waals surface area (Å²) in [5, 5.41) is 2.85. The lowest BCUT2D eigenvalue weighted by molar-refractivity contribution is -0.115. The van der Waals surface area contributed by atoms with Crippen LogP contribution in [0.4, 0.5) is 15.8 Å². The number of carbonyl (C=O) groups is 1. The molecule has 0 bridgehead atoms. The highest BCUT2D eigenvalue weighted by Crippen LogP contribution is 2.22. The van der Waals surface area contributed by atoms with Gasteiger partial charge in [-0.15, -0.1) is 0 Å². The highest BCUT2D eigenvalue weighted by Gasteiger charge is 2.12. The van der Waals surface area contributed by atoms with Gasteiger partial charge >= 0.3 is 0 Å². The van der Waals surface area contributed by atoms with Gasteiger partial charge < -0.3 is 10.2 Å². The van der Waals surface area contributed by atoms with Crippen molar-refractivity contribution in [3.05, 3.63) is 59.9 Å². The molecule has 2 aromatic rings. The van der Waals surface area contributed by atoms with Crippen molar-refractivity contribution >= 4 is 17.3 Å². The molecule has 1 amide bonds. The molecule has 2 aromatic carbocycles. The van der Waals surface area contributed by atoms with E-state index in [4.69, 9.17) is 0 Å². The zero-order valence-electron chi connectivity index (χ0n) is 12.4. The predicted octanol–water partition coefficient (Wildman–Crippen LogP) is 3.61. The van der Waals surface area contributed by atoms with Crippen LogP contribution in [-0.4, -0.2) is 19.0 Å². The van der Waals surface area contributed by atoms with Crippen LogP contribution < -0.4 is 10.2 Å². The monoisotopic (exact) mass is 298 g/mol. The molecule has 22 heavy (non-hydrogen) atoms. The van der Waals surface area contributed by atoms with Gasteiger partial charge in [-0.2, -0.15) is 0 Å². The average molecular weight is 298 g/mol. The number of nitrogens with zero attached hydrogens (tertiary/aromatic N) is 1. The second-order valence-electron chi connectivity index (χ2n) is 5.60. The standard InChI is InChI=1S/C18H19FN2O/c19-15-5-3-4-14(12-15)13-18(22)20-16-6-8-17(9-7-16)21-10-1-2-11-21/h3-9,12H,1-2,10-11,13H2,(H,20,22). The molecule has 0 atom stereocenters. The fourth-order valence-electron chi connectivity index (χ4n) is 2.77. The molecule has 1 aliphatic rings. The normalized spacial score (nSPS) is 14.1. The Balaban J connectivity index is 1.59. The van der Waals surface area contributed by atoms with E-state index >= 15 is 0 Å². The van der Waals surface area contributed by atoms with Crippen LogP contribution in [-0.2, 0) is 11.2 Å². The quantitative estimate of drug-likeness (QED) is 0.935. The van der Waals surface area contributed by atoms with Crippen LogP contribution in [0.5, 0.6) is 0 Å². The van der Waals surface area contributed by atoms with Crippen molar-refractivity contribution < 1.29 is 9.18 Å². The number of anilines is 2. The van der Waals surface area contributed by atoms with E-state index < -0.39 is 0 Å². The summed E-state index contributed by atoms with van der Waals surface area (Å²) in [4.78, 5) is 14.3. The lowest BCUT2D eigenvalue weighted by Gasteiger charge is -2.17. The molecule has 1 N–H and O–H groups in total. The first kappa shape index (κ1) is 14.6. The fourth-order valence-corrected chi connectivity index (χ4v) is 2.77. The molecule has 3 rings (SSSR count). The fraction of sp³-hybridized carbons (Fsp3) is 0.278. The molecule has 1 saturated heterocycles. The van der Waals surface area contributed by atoms with E-state index in [2.05, 4.69) is 10.2 Å². The molecule has 0 spiro atoms. The van der Waals surface area contributed by atoms with E-state index in [1.807, 2.05) is 24.3 Å². The number of nitrogens with one attached hydrogen (secondary N) is 1. The first-order valence-corrected chi connectivity index (χ1v) is 7.60. The van der Waals surface area contributed by atoms with Crippen LogP contribution in [0.15, 0.2) is 48.5 Å². The highest BCUT2D eigenvalue weighted by molar-refractivity contribution is 5.92. The smallest absolute Gasteiger partial charge is 0.228 e. The summed E-state index contributed by atoms with van der Waals surface area (Å²) in [5.74, 6) is -0.459. The Morgan fingerprint density at radius 3 is 2.50 bits per heavy atom. The summed E-state index contributed by atoms with van der Waals surface area (Å²) in [6.45, 7) is 2.20. The molecular formula is C18H19FN2O. The second-order valence-corrected chi connectivity index (χ2v) is 5.60. The maximum Gasteiger partial charge on any atom is 0.228 e. The average Bonchev–Trinajstić information content (AvgIpc) is 3.02. The molecular weight excluding hydrogens is 279 g/mol. The minimum atomic E-state index is -0.319. The topological polar surface area (TPSA) is 32.3 Å². The second kappa shape index (κ2) is 6.60. The zero-order chi connectivity index (χ0) is 15.4. The number of hydrogen-bond acceptors (Lipinski definition) is 2. The van der Waals surface area contributed by atoms with Gasteiger partial charge in [0.15, 0.2) is 0 Å². The number of hydrogen-bond donors (Lipinski definition) is 1. The summed E-state index contributed by atoms with van der Waals surface area (Å²) >= 11 is 0. The molecule has 4 heteroatoms. The van der Waals surface area contributed by atoms with E-state index in [0.29, 0.717) is 5.56 Å². The third-order valence-corrected chi connectivity index (χ3v) is 3.88. The van der Waals surface area contributed by atoms with Crippen molar-refractivity contribution in [3.63, 3.8) is 0 Å². The number of carbonyl (C=O) groups excluding carboxylic acids is 1. The maximum atomic E-state index is 13.1. The number of rotatable bonds is 4. The zero-order valence-corrected chi connectivity index (χ0v) is 12.4. The molecule has 0 aromatic heterocycles. The number of amides is 1. The van der Waals surface area contributed by atoms with Crippen molar-refractivity contribution in [2.45, 2.75) is 19.3 Å². The highest BCUT2D eigenvalue weighted by atomic mass is 19.1. The lowest BCUT2D eigenvalue weighted by Crippen LogP contribution is -2.18. The Bertz CT molecular complexity index is 648. The Hall–Kier alpha value is -2.36. The van der Waals surface area contributed by atoms with Gasteiger partial charge in [0.2, 0.25) is 5.91 Å². The van der Waals surface area contributed by atoms with Gasteiger partial charge in [0.05, 0.1) is 6.42 Å². The predicted molar refractivity (Wildman–Crippen MR) is 86.6 cm³/mol.